The fourth-order valence-electron chi connectivity index (χ4n) is 5.87. The summed E-state index contributed by atoms with van der Waals surface area (Å²) < 4.78 is 2.19. The van der Waals surface area contributed by atoms with E-state index < -0.39 is 0 Å². The Hall–Kier alpha value is -3.20. The van der Waals surface area contributed by atoms with E-state index >= 15 is 0 Å². The van der Waals surface area contributed by atoms with E-state index in [-0.39, 0.29) is 11.4 Å². The zero-order valence-corrected chi connectivity index (χ0v) is 21.0. The third kappa shape index (κ3) is 3.73. The van der Waals surface area contributed by atoms with Crippen LogP contribution in [0.25, 0.3) is 11.0 Å². The molecule has 35 heavy (non-hydrogen) atoms. The minimum absolute atomic E-state index is 0.0104. The molecule has 0 spiro atoms. The number of fused-ring (bicyclic) bond motifs is 1. The molecule has 0 atom stereocenters. The number of nitrogens with one attached hydrogen (secondary N) is 1. The summed E-state index contributed by atoms with van der Waals surface area (Å²) in [5.41, 5.74) is 2.43. The van der Waals surface area contributed by atoms with Crippen molar-refractivity contribution in [1.29, 1.82) is 0 Å². The number of nitrogens with zero attached hydrogens (tertiary/aromatic N) is 7. The average molecular weight is 475 g/mol. The number of aromatic nitrogens is 4. The van der Waals surface area contributed by atoms with Crippen LogP contribution >= 0.6 is 0 Å². The fourth-order valence-corrected chi connectivity index (χ4v) is 5.87. The van der Waals surface area contributed by atoms with Crippen molar-refractivity contribution >= 4 is 34.4 Å². The summed E-state index contributed by atoms with van der Waals surface area (Å²) in [6.45, 7) is 8.61. The van der Waals surface area contributed by atoms with Gasteiger partial charge in [-0.05, 0) is 57.2 Å². The molecular formula is C26H34N8O. The number of hydrogen-bond acceptors (Lipinski definition) is 7. The molecule has 0 unspecified atom stereocenters. The lowest BCUT2D eigenvalue weighted by Crippen LogP contribution is -2.60. The number of pyridine rings is 1. The summed E-state index contributed by atoms with van der Waals surface area (Å²) in [4.78, 5) is 33.5. The standard InChI is InChI=1S/C26H34N8O/c1-17(2)32-7-9-33(10-8-32)22-6-5-20(16-27-22)29-25-28-15-19-11-21(24(35)31(3)4)34(23(19)30-25)26-12-18(13-26)14-26/h5-6,11,15-18H,7-10,12-14H2,1-4H3,(H,28,29,30). The van der Waals surface area contributed by atoms with Gasteiger partial charge >= 0.3 is 0 Å². The van der Waals surface area contributed by atoms with Crippen molar-refractivity contribution in [2.75, 3.05) is 50.5 Å². The predicted octanol–water partition coefficient (Wildman–Crippen LogP) is 3.31. The maximum Gasteiger partial charge on any atom is 0.270 e. The van der Waals surface area contributed by atoms with Crippen molar-refractivity contribution in [2.24, 2.45) is 5.92 Å². The van der Waals surface area contributed by atoms with E-state index in [9.17, 15) is 4.79 Å². The zero-order valence-electron chi connectivity index (χ0n) is 21.0. The van der Waals surface area contributed by atoms with Crippen LogP contribution in [-0.2, 0) is 5.54 Å². The van der Waals surface area contributed by atoms with Crippen LogP contribution in [0.1, 0.15) is 43.6 Å². The molecule has 4 fully saturated rings. The monoisotopic (exact) mass is 474 g/mol. The number of piperazine rings is 1. The molecule has 4 aliphatic rings. The molecule has 4 heterocycles. The summed E-state index contributed by atoms with van der Waals surface area (Å²) in [6.07, 6.45) is 7.06. The van der Waals surface area contributed by atoms with Gasteiger partial charge in [-0.1, -0.05) is 0 Å². The molecule has 1 amide bonds. The molecule has 9 nitrogen and oxygen atoms in total. The van der Waals surface area contributed by atoms with Crippen molar-refractivity contribution in [3.05, 3.63) is 36.3 Å². The van der Waals surface area contributed by atoms with Gasteiger partial charge in [0, 0.05) is 63.4 Å². The van der Waals surface area contributed by atoms with Gasteiger partial charge in [0.1, 0.15) is 17.2 Å². The zero-order chi connectivity index (χ0) is 24.3. The second kappa shape index (κ2) is 8.19. The van der Waals surface area contributed by atoms with Gasteiger partial charge in [-0.15, -0.1) is 0 Å². The Labute approximate surface area is 206 Å². The van der Waals surface area contributed by atoms with Crippen molar-refractivity contribution in [3.63, 3.8) is 0 Å². The molecule has 1 N–H and O–H groups in total. The number of rotatable bonds is 6. The summed E-state index contributed by atoms with van der Waals surface area (Å²) in [5.74, 6) is 2.33. The highest BCUT2D eigenvalue weighted by molar-refractivity contribution is 5.98. The molecule has 0 radical (unpaired) electrons. The van der Waals surface area contributed by atoms with Gasteiger partial charge in [0.05, 0.1) is 11.9 Å². The molecule has 0 aromatic carbocycles. The van der Waals surface area contributed by atoms with E-state index in [0.29, 0.717) is 17.7 Å². The molecule has 3 aromatic heterocycles. The van der Waals surface area contributed by atoms with E-state index in [1.54, 1.807) is 19.0 Å². The Kier molecular flexibility index (Phi) is 5.21. The van der Waals surface area contributed by atoms with Crippen LogP contribution in [0.5, 0.6) is 0 Å². The Balaban J connectivity index is 1.23. The second-order valence-electron chi connectivity index (χ2n) is 10.9. The highest BCUT2D eigenvalue weighted by Gasteiger charge is 2.59. The van der Waals surface area contributed by atoms with Gasteiger partial charge in [-0.3, -0.25) is 9.69 Å². The molecule has 3 aliphatic carbocycles. The number of carbonyl (C=O) groups is 1. The molecule has 184 valence electrons. The first kappa shape index (κ1) is 22.3. The highest BCUT2D eigenvalue weighted by Crippen LogP contribution is 2.63. The maximum absolute atomic E-state index is 13.0. The Bertz CT molecular complexity index is 1240. The molecule has 2 bridgehead atoms. The van der Waals surface area contributed by atoms with Crippen LogP contribution in [0.4, 0.5) is 17.5 Å². The Morgan fingerprint density at radius 3 is 2.40 bits per heavy atom. The van der Waals surface area contributed by atoms with Crippen LogP contribution in [-0.4, -0.2) is 81.5 Å². The molecule has 3 aromatic rings. The SMILES string of the molecule is CC(C)N1CCN(c2ccc(Nc3ncc4cc(C(=O)N(C)C)n(C56CC(C5)C6)c4n3)cn2)CC1. The van der Waals surface area contributed by atoms with Crippen molar-refractivity contribution in [3.8, 4) is 0 Å². The van der Waals surface area contributed by atoms with Crippen LogP contribution in [0.2, 0.25) is 0 Å². The van der Waals surface area contributed by atoms with E-state index in [1.807, 2.05) is 24.5 Å². The first-order valence-electron chi connectivity index (χ1n) is 12.7. The van der Waals surface area contributed by atoms with Gasteiger partial charge in [0.15, 0.2) is 0 Å². The fraction of sp³-hybridized carbons (Fsp3) is 0.538. The lowest BCUT2D eigenvalue weighted by atomic mass is 9.49. The van der Waals surface area contributed by atoms with Crippen LogP contribution in [0, 0.1) is 5.92 Å². The smallest absolute Gasteiger partial charge is 0.270 e. The third-order valence-electron chi connectivity index (χ3n) is 8.02. The number of anilines is 3. The van der Waals surface area contributed by atoms with Gasteiger partial charge < -0.3 is 19.7 Å². The molecule has 7 rings (SSSR count). The van der Waals surface area contributed by atoms with Crippen molar-refractivity contribution in [2.45, 2.75) is 44.7 Å². The van der Waals surface area contributed by atoms with E-state index in [1.165, 1.54) is 0 Å². The number of carbonyl (C=O) groups excluding carboxylic acids is 1. The summed E-state index contributed by atoms with van der Waals surface area (Å²) in [6, 6.07) is 6.62. The largest absolute Gasteiger partial charge is 0.354 e. The molecule has 3 saturated carbocycles. The quantitative estimate of drug-likeness (QED) is 0.587. The topological polar surface area (TPSA) is 82.4 Å². The van der Waals surface area contributed by atoms with Gasteiger partial charge in [-0.25, -0.2) is 9.97 Å². The van der Waals surface area contributed by atoms with Crippen molar-refractivity contribution < 1.29 is 4.79 Å². The Morgan fingerprint density at radius 1 is 1.09 bits per heavy atom. The lowest BCUT2D eigenvalue weighted by molar-refractivity contribution is -0.0870. The summed E-state index contributed by atoms with van der Waals surface area (Å²) in [7, 11) is 3.60. The van der Waals surface area contributed by atoms with Gasteiger partial charge in [-0.2, -0.15) is 4.98 Å². The first-order chi connectivity index (χ1) is 16.8. The lowest BCUT2D eigenvalue weighted by Gasteiger charge is -2.62. The first-order valence-corrected chi connectivity index (χ1v) is 12.7. The minimum atomic E-state index is 0.0104. The van der Waals surface area contributed by atoms with Crippen LogP contribution in [0.15, 0.2) is 30.6 Å². The number of hydrogen-bond donors (Lipinski definition) is 1. The van der Waals surface area contributed by atoms with Crippen LogP contribution in [0.3, 0.4) is 0 Å². The van der Waals surface area contributed by atoms with Crippen LogP contribution < -0.4 is 10.2 Å². The number of amides is 1. The van der Waals surface area contributed by atoms with E-state index in [0.717, 1.165) is 73.9 Å². The minimum Gasteiger partial charge on any atom is -0.354 e. The highest BCUT2D eigenvalue weighted by atomic mass is 16.2. The summed E-state index contributed by atoms with van der Waals surface area (Å²) >= 11 is 0. The van der Waals surface area contributed by atoms with Gasteiger partial charge in [0.25, 0.3) is 5.91 Å². The normalized spacial score (nSPS) is 23.8. The molecule has 1 saturated heterocycles. The Morgan fingerprint density at radius 2 is 1.83 bits per heavy atom. The maximum atomic E-state index is 13.0. The van der Waals surface area contributed by atoms with Gasteiger partial charge in [0.2, 0.25) is 5.95 Å². The third-order valence-corrected chi connectivity index (χ3v) is 8.02. The molecule has 1 aliphatic heterocycles. The van der Waals surface area contributed by atoms with E-state index in [4.69, 9.17) is 9.97 Å². The summed E-state index contributed by atoms with van der Waals surface area (Å²) in [5, 5.41) is 4.22. The van der Waals surface area contributed by atoms with E-state index in [2.05, 4.69) is 44.6 Å². The predicted molar refractivity (Wildman–Crippen MR) is 137 cm³/mol. The molecule has 9 heteroatoms. The molecular weight excluding hydrogens is 440 g/mol. The van der Waals surface area contributed by atoms with Crippen molar-refractivity contribution in [1.82, 2.24) is 29.3 Å². The second-order valence-corrected chi connectivity index (χ2v) is 10.9. The average Bonchev–Trinajstić information content (AvgIpc) is 3.15.